The Kier molecular flexibility index (Phi) is 6.42. The second kappa shape index (κ2) is 9.23. The predicted octanol–water partition coefficient (Wildman–Crippen LogP) is 4.86. The molecule has 2 aromatic rings. The van der Waals surface area contributed by atoms with Gasteiger partial charge in [0.15, 0.2) is 0 Å². The van der Waals surface area contributed by atoms with Crippen LogP contribution in [0.15, 0.2) is 47.6 Å². The number of aryl methyl sites for hydroxylation is 2. The summed E-state index contributed by atoms with van der Waals surface area (Å²) in [5.74, 6) is 0.872. The van der Waals surface area contributed by atoms with Crippen LogP contribution in [0.2, 0.25) is 0 Å². The van der Waals surface area contributed by atoms with Crippen LogP contribution in [0.1, 0.15) is 60.9 Å². The summed E-state index contributed by atoms with van der Waals surface area (Å²) in [6.07, 6.45) is 4.27. The minimum atomic E-state index is -0.113. The molecule has 0 radical (unpaired) electrons. The number of carbonyl (C=O) groups is 1. The molecule has 0 bridgehead atoms. The van der Waals surface area contributed by atoms with Gasteiger partial charge in [-0.2, -0.15) is 5.10 Å². The average molecular weight is 420 g/mol. The Hall–Kier alpha value is -2.66. The van der Waals surface area contributed by atoms with E-state index in [1.807, 2.05) is 18.2 Å². The molecule has 0 saturated carbocycles. The highest BCUT2D eigenvalue weighted by atomic mass is 16.5. The third-order valence-corrected chi connectivity index (χ3v) is 6.63. The first-order valence-electron chi connectivity index (χ1n) is 11.3. The third-order valence-electron chi connectivity index (χ3n) is 6.63. The van der Waals surface area contributed by atoms with Crippen molar-refractivity contribution < 1.29 is 9.53 Å². The number of benzene rings is 2. The number of ether oxygens (including phenoxy) is 1. The van der Waals surface area contributed by atoms with Gasteiger partial charge in [-0.25, -0.2) is 5.01 Å². The summed E-state index contributed by atoms with van der Waals surface area (Å²) in [6, 6.07) is 14.8. The topological polar surface area (TPSA) is 45.1 Å². The van der Waals surface area contributed by atoms with E-state index in [-0.39, 0.29) is 11.9 Å². The number of amides is 1. The van der Waals surface area contributed by atoms with E-state index in [0.29, 0.717) is 19.0 Å². The molecule has 5 heteroatoms. The summed E-state index contributed by atoms with van der Waals surface area (Å²) in [5, 5.41) is 6.63. The lowest BCUT2D eigenvalue weighted by Crippen LogP contribution is -2.44. The first-order chi connectivity index (χ1) is 15.0. The van der Waals surface area contributed by atoms with Crippen LogP contribution in [0.25, 0.3) is 0 Å². The van der Waals surface area contributed by atoms with E-state index < -0.39 is 0 Å². The van der Waals surface area contributed by atoms with Crippen molar-refractivity contribution >= 4 is 11.6 Å². The first kappa shape index (κ1) is 21.6. The molecule has 0 unspecified atom stereocenters. The third kappa shape index (κ3) is 4.67. The zero-order chi connectivity index (χ0) is 22.0. The molecule has 1 saturated heterocycles. The van der Waals surface area contributed by atoms with Gasteiger partial charge in [-0.05, 0) is 69.5 Å². The Labute approximate surface area is 185 Å². The first-order valence-corrected chi connectivity index (χ1v) is 11.3. The van der Waals surface area contributed by atoms with Crippen LogP contribution in [-0.2, 0) is 4.79 Å². The molecule has 2 heterocycles. The van der Waals surface area contributed by atoms with Crippen LogP contribution in [0.4, 0.5) is 0 Å². The van der Waals surface area contributed by atoms with Crippen molar-refractivity contribution in [3.8, 4) is 5.75 Å². The zero-order valence-electron chi connectivity index (χ0n) is 19.1. The van der Waals surface area contributed by atoms with Gasteiger partial charge < -0.3 is 4.74 Å². The lowest BCUT2D eigenvalue weighted by molar-refractivity contribution is -0.135. The van der Waals surface area contributed by atoms with Crippen molar-refractivity contribution in [1.82, 2.24) is 9.91 Å². The summed E-state index contributed by atoms with van der Waals surface area (Å²) < 4.78 is 5.44. The zero-order valence-corrected chi connectivity index (χ0v) is 19.1. The maximum absolute atomic E-state index is 13.5. The summed E-state index contributed by atoms with van der Waals surface area (Å²) in [6.45, 7) is 7.83. The number of hydrogen-bond acceptors (Lipinski definition) is 4. The predicted molar refractivity (Wildman–Crippen MR) is 125 cm³/mol. The second-order valence-corrected chi connectivity index (χ2v) is 8.92. The van der Waals surface area contributed by atoms with Gasteiger partial charge in [0.05, 0.1) is 25.4 Å². The Morgan fingerprint density at radius 3 is 2.77 bits per heavy atom. The Balaban J connectivity index is 1.66. The number of hydrazone groups is 1. The van der Waals surface area contributed by atoms with Crippen molar-refractivity contribution in [2.24, 2.45) is 5.10 Å². The molecule has 2 aliphatic rings. The SMILES string of the molecule is COc1cccc([C@H]2CC(c3cc(C)ccc3C)=NN2C(=O)CN2CCCC[C@@H]2C)c1. The number of carbonyl (C=O) groups excluding carboxylic acids is 1. The van der Waals surface area contributed by atoms with Gasteiger partial charge in [0.25, 0.3) is 5.91 Å². The van der Waals surface area contributed by atoms with Gasteiger partial charge >= 0.3 is 0 Å². The Morgan fingerprint density at radius 1 is 1.16 bits per heavy atom. The van der Waals surface area contributed by atoms with Crippen molar-refractivity contribution in [2.45, 2.75) is 58.5 Å². The minimum absolute atomic E-state index is 0.0712. The minimum Gasteiger partial charge on any atom is -0.497 e. The van der Waals surface area contributed by atoms with Crippen LogP contribution in [0.3, 0.4) is 0 Å². The van der Waals surface area contributed by atoms with E-state index in [1.165, 1.54) is 17.5 Å². The molecule has 0 spiro atoms. The van der Waals surface area contributed by atoms with Gasteiger partial charge in [0.1, 0.15) is 5.75 Å². The standard InChI is InChI=1S/C26H33N3O2/c1-18-11-12-19(2)23(14-18)24-16-25(21-9-7-10-22(15-21)31-4)29(27-24)26(30)17-28-13-6-5-8-20(28)3/h7,9-12,14-15,20,25H,5-6,8,13,16-17H2,1-4H3/t20-,25+/m0/s1. The van der Waals surface area contributed by atoms with Crippen molar-refractivity contribution in [3.63, 3.8) is 0 Å². The van der Waals surface area contributed by atoms with Crippen LogP contribution >= 0.6 is 0 Å². The summed E-state index contributed by atoms with van der Waals surface area (Å²) in [4.78, 5) is 15.8. The van der Waals surface area contributed by atoms with Crippen LogP contribution in [0, 0.1) is 13.8 Å². The molecule has 2 aliphatic heterocycles. The van der Waals surface area contributed by atoms with Gasteiger partial charge in [0, 0.05) is 18.0 Å². The van der Waals surface area contributed by atoms with E-state index in [9.17, 15) is 4.79 Å². The quantitative estimate of drug-likeness (QED) is 0.695. The summed E-state index contributed by atoms with van der Waals surface area (Å²) in [7, 11) is 1.67. The number of methoxy groups -OCH3 is 1. The lowest BCUT2D eigenvalue weighted by atomic mass is 9.95. The molecule has 2 aromatic carbocycles. The fourth-order valence-corrected chi connectivity index (χ4v) is 4.70. The molecular formula is C26H33N3O2. The number of hydrogen-bond donors (Lipinski definition) is 0. The smallest absolute Gasteiger partial charge is 0.257 e. The van der Waals surface area contributed by atoms with Gasteiger partial charge in [-0.3, -0.25) is 9.69 Å². The van der Waals surface area contributed by atoms with E-state index in [0.717, 1.165) is 42.0 Å². The fraction of sp³-hybridized carbons (Fsp3) is 0.462. The maximum atomic E-state index is 13.5. The van der Waals surface area contributed by atoms with Crippen LogP contribution in [-0.4, -0.2) is 47.8 Å². The molecule has 4 rings (SSSR count). The molecular weight excluding hydrogens is 386 g/mol. The van der Waals surface area contributed by atoms with E-state index in [1.54, 1.807) is 12.1 Å². The molecule has 0 N–H and O–H groups in total. The van der Waals surface area contributed by atoms with Gasteiger partial charge in [0.2, 0.25) is 0 Å². The molecule has 1 fully saturated rings. The number of likely N-dealkylation sites (tertiary alicyclic amines) is 1. The molecule has 0 aromatic heterocycles. The van der Waals surface area contributed by atoms with Crippen LogP contribution in [0.5, 0.6) is 5.75 Å². The van der Waals surface area contributed by atoms with E-state index in [4.69, 9.17) is 9.84 Å². The molecule has 2 atom stereocenters. The largest absolute Gasteiger partial charge is 0.497 e. The molecule has 5 nitrogen and oxygen atoms in total. The van der Waals surface area contributed by atoms with Crippen molar-refractivity contribution in [3.05, 3.63) is 64.7 Å². The van der Waals surface area contributed by atoms with Crippen molar-refractivity contribution in [2.75, 3.05) is 20.2 Å². The summed E-state index contributed by atoms with van der Waals surface area (Å²) >= 11 is 0. The highest BCUT2D eigenvalue weighted by molar-refractivity contribution is 6.04. The molecule has 31 heavy (non-hydrogen) atoms. The highest BCUT2D eigenvalue weighted by Crippen LogP contribution is 2.35. The van der Waals surface area contributed by atoms with Crippen molar-refractivity contribution in [1.29, 1.82) is 0 Å². The van der Waals surface area contributed by atoms with E-state index >= 15 is 0 Å². The summed E-state index contributed by atoms with van der Waals surface area (Å²) in [5.41, 5.74) is 5.56. The maximum Gasteiger partial charge on any atom is 0.257 e. The number of rotatable bonds is 5. The number of piperidine rings is 1. The molecule has 0 aliphatic carbocycles. The van der Waals surface area contributed by atoms with Crippen LogP contribution < -0.4 is 4.74 Å². The number of nitrogens with zero attached hydrogens (tertiary/aromatic N) is 3. The normalized spacial score (nSPS) is 21.8. The monoisotopic (exact) mass is 419 g/mol. The Morgan fingerprint density at radius 2 is 2.00 bits per heavy atom. The van der Waals surface area contributed by atoms with Gasteiger partial charge in [-0.15, -0.1) is 0 Å². The molecule has 1 amide bonds. The fourth-order valence-electron chi connectivity index (χ4n) is 4.70. The highest BCUT2D eigenvalue weighted by Gasteiger charge is 2.35. The average Bonchev–Trinajstić information content (AvgIpc) is 3.22. The Bertz CT molecular complexity index is 984. The molecule has 164 valence electrons. The lowest BCUT2D eigenvalue weighted by Gasteiger charge is -2.34. The van der Waals surface area contributed by atoms with Gasteiger partial charge in [-0.1, -0.05) is 36.2 Å². The van der Waals surface area contributed by atoms with E-state index in [2.05, 4.69) is 49.9 Å². The second-order valence-electron chi connectivity index (χ2n) is 8.92.